The van der Waals surface area contributed by atoms with Gasteiger partial charge in [-0.3, -0.25) is 4.57 Å². The molecule has 1 aliphatic heterocycles. The fourth-order valence-corrected chi connectivity index (χ4v) is 4.45. The second kappa shape index (κ2) is 17.6. The molecule has 1 aliphatic rings. The minimum Gasteiger partial charge on any atom is -0.394 e. The molecule has 0 aromatic carbocycles. The highest BCUT2D eigenvalue weighted by Crippen LogP contribution is 2.32. The van der Waals surface area contributed by atoms with Crippen molar-refractivity contribution in [3.05, 3.63) is 12.7 Å². The molecule has 1 saturated heterocycles. The number of nitrogens with two attached hydrogens (primary N) is 1. The third kappa shape index (κ3) is 9.82. The third-order valence-corrected chi connectivity index (χ3v) is 6.66. The molecule has 0 aliphatic carbocycles. The van der Waals surface area contributed by atoms with E-state index in [1.165, 1.54) is 62.2 Å². The van der Waals surface area contributed by atoms with E-state index in [0.29, 0.717) is 6.42 Å². The molecule has 0 saturated carbocycles. The van der Waals surface area contributed by atoms with Crippen LogP contribution < -0.4 is 11.2 Å². The van der Waals surface area contributed by atoms with Crippen molar-refractivity contribution in [3.8, 4) is 0 Å². The zero-order valence-corrected chi connectivity index (χ0v) is 22.4. The minimum absolute atomic E-state index is 0.112. The van der Waals surface area contributed by atoms with Crippen molar-refractivity contribution >= 4 is 17.0 Å². The lowest BCUT2D eigenvalue weighted by molar-refractivity contribution is -0.705. The maximum atomic E-state index is 10.3. The van der Waals surface area contributed by atoms with Crippen molar-refractivity contribution in [1.82, 2.24) is 19.5 Å². The van der Waals surface area contributed by atoms with Crippen molar-refractivity contribution in [2.45, 2.75) is 108 Å². The van der Waals surface area contributed by atoms with Crippen LogP contribution in [0.15, 0.2) is 12.7 Å². The van der Waals surface area contributed by atoms with Crippen molar-refractivity contribution in [2.24, 2.45) is 5.73 Å². The van der Waals surface area contributed by atoms with Gasteiger partial charge in [-0.2, -0.15) is 0 Å². The Balaban J connectivity index is 1.24. The summed E-state index contributed by atoms with van der Waals surface area (Å²) in [7, 11) is 0. The second-order valence-electron chi connectivity index (χ2n) is 9.65. The Kier molecular flexibility index (Phi) is 14.2. The molecule has 1 fully saturated rings. The molecule has 0 spiro atoms. The van der Waals surface area contributed by atoms with Crippen molar-refractivity contribution in [3.63, 3.8) is 0 Å². The zero-order valence-electron chi connectivity index (χ0n) is 22.4. The van der Waals surface area contributed by atoms with Crippen LogP contribution in [0.3, 0.4) is 0 Å². The fourth-order valence-electron chi connectivity index (χ4n) is 4.45. The van der Waals surface area contributed by atoms with Crippen LogP contribution in [-0.4, -0.2) is 72.4 Å². The standard InChI is InChI=1S/C24H42N6O9/c1-2-3-4-5-6-7-8-9-11-17(25)12-10-13-34-37-39-38-36-29-22-19-23(27-15-26-22)30(16-28-19)24-21(33)20(32)18(14-31)35-24/h15-18,20-21,24,31-33H,2-14,25H2,1H3,(H,26,27,29)/t17?,18-,20-,21-,24-/m1/s1. The first-order valence-electron chi connectivity index (χ1n) is 13.7. The largest absolute Gasteiger partial charge is 0.394 e. The van der Waals surface area contributed by atoms with E-state index in [1.807, 2.05) is 0 Å². The molecule has 39 heavy (non-hydrogen) atoms. The molecule has 0 amide bonds. The van der Waals surface area contributed by atoms with Gasteiger partial charge < -0.3 is 25.8 Å². The van der Waals surface area contributed by atoms with Gasteiger partial charge in [-0.15, -0.1) is 0 Å². The first-order valence-corrected chi connectivity index (χ1v) is 13.7. The smallest absolute Gasteiger partial charge is 0.183 e. The van der Waals surface area contributed by atoms with Gasteiger partial charge in [-0.05, 0) is 34.4 Å². The van der Waals surface area contributed by atoms with Crippen LogP contribution in [-0.2, 0) is 29.7 Å². The number of nitrogens with one attached hydrogen (secondary N) is 1. The lowest BCUT2D eigenvalue weighted by Gasteiger charge is -2.16. The maximum absolute atomic E-state index is 10.3. The van der Waals surface area contributed by atoms with E-state index in [9.17, 15) is 15.3 Å². The number of aliphatic hydroxyl groups excluding tert-OH is 3. The molecule has 2 aromatic heterocycles. The highest BCUT2D eigenvalue weighted by Gasteiger charge is 2.44. The lowest BCUT2D eigenvalue weighted by Crippen LogP contribution is -2.33. The summed E-state index contributed by atoms with van der Waals surface area (Å²) in [4.78, 5) is 21.8. The van der Waals surface area contributed by atoms with Gasteiger partial charge in [-0.1, -0.05) is 63.3 Å². The van der Waals surface area contributed by atoms with E-state index < -0.39 is 31.1 Å². The normalized spacial score (nSPS) is 22.1. The number of hydrogen-bond donors (Lipinski definition) is 5. The number of rotatable bonds is 21. The SMILES string of the molecule is CCCCCCCCCCC(N)CCCOOOOONc1ncnc2c1ncn2[C@@H]1O[C@H](CO)[C@@H](O)[C@H]1O. The summed E-state index contributed by atoms with van der Waals surface area (Å²) in [5, 5.41) is 42.7. The predicted octanol–water partition coefficient (Wildman–Crippen LogP) is 2.15. The molecule has 5 atom stereocenters. The average Bonchev–Trinajstić information content (AvgIpc) is 3.50. The molecule has 15 nitrogen and oxygen atoms in total. The summed E-state index contributed by atoms with van der Waals surface area (Å²) in [6, 6.07) is 0.135. The van der Waals surface area contributed by atoms with Gasteiger partial charge in [0.05, 0.1) is 19.5 Å². The molecule has 6 N–H and O–H groups in total. The van der Waals surface area contributed by atoms with Gasteiger partial charge in [0.2, 0.25) is 0 Å². The summed E-state index contributed by atoms with van der Waals surface area (Å²) in [6.45, 7) is 2.05. The highest BCUT2D eigenvalue weighted by molar-refractivity contribution is 5.82. The molecule has 0 bridgehead atoms. The minimum atomic E-state index is -1.29. The van der Waals surface area contributed by atoms with Crippen molar-refractivity contribution < 1.29 is 45.0 Å². The first kappa shape index (κ1) is 31.5. The lowest BCUT2D eigenvalue weighted by atomic mass is 10.0. The number of hydrogen-bond acceptors (Lipinski definition) is 14. The van der Waals surface area contributed by atoms with E-state index in [0.717, 1.165) is 19.3 Å². The Labute approximate surface area is 227 Å². The van der Waals surface area contributed by atoms with Crippen LogP contribution in [0.25, 0.3) is 11.2 Å². The maximum Gasteiger partial charge on any atom is 0.183 e. The number of nitrogens with zero attached hydrogens (tertiary/aromatic N) is 4. The van der Waals surface area contributed by atoms with Crippen molar-refractivity contribution in [1.29, 1.82) is 0 Å². The van der Waals surface area contributed by atoms with Crippen molar-refractivity contribution in [2.75, 3.05) is 18.7 Å². The Morgan fingerprint density at radius 1 is 0.974 bits per heavy atom. The third-order valence-electron chi connectivity index (χ3n) is 6.66. The number of anilines is 1. The Morgan fingerprint density at radius 3 is 2.46 bits per heavy atom. The fraction of sp³-hybridized carbons (Fsp3) is 0.792. The van der Waals surface area contributed by atoms with Gasteiger partial charge in [-0.25, -0.2) is 25.3 Å². The van der Waals surface area contributed by atoms with Crippen LogP contribution in [0.5, 0.6) is 0 Å². The van der Waals surface area contributed by atoms with Crippen LogP contribution in [0, 0.1) is 0 Å². The Bertz CT molecular complexity index is 939. The Morgan fingerprint density at radius 2 is 1.72 bits per heavy atom. The molecule has 1 unspecified atom stereocenters. The van der Waals surface area contributed by atoms with Gasteiger partial charge in [0.25, 0.3) is 0 Å². The van der Waals surface area contributed by atoms with E-state index in [4.69, 9.17) is 15.4 Å². The van der Waals surface area contributed by atoms with Gasteiger partial charge in [0, 0.05) is 6.04 Å². The number of fused-ring (bicyclic) bond motifs is 1. The van der Waals surface area contributed by atoms with Crippen LogP contribution in [0.1, 0.15) is 83.8 Å². The molecule has 0 radical (unpaired) electrons. The molecular weight excluding hydrogens is 516 g/mol. The Hall–Kier alpha value is -2.05. The molecule has 3 heterocycles. The molecule has 222 valence electrons. The van der Waals surface area contributed by atoms with Gasteiger partial charge in [0.1, 0.15) is 24.6 Å². The monoisotopic (exact) mass is 558 g/mol. The number of imidazole rings is 1. The van der Waals surface area contributed by atoms with E-state index in [2.05, 4.69) is 47.5 Å². The van der Waals surface area contributed by atoms with E-state index in [-0.39, 0.29) is 29.6 Å². The van der Waals surface area contributed by atoms with Crippen LogP contribution >= 0.6 is 0 Å². The first-order chi connectivity index (χ1) is 19.1. The number of aromatic nitrogens is 4. The average molecular weight is 559 g/mol. The quantitative estimate of drug-likeness (QED) is 0.0848. The topological polar surface area (TPSA) is 198 Å². The summed E-state index contributed by atoms with van der Waals surface area (Å²) in [5.41, 5.74) is 9.04. The molecule has 15 heteroatoms. The summed E-state index contributed by atoms with van der Waals surface area (Å²) < 4.78 is 6.92. The summed E-state index contributed by atoms with van der Waals surface area (Å²) in [6.07, 6.45) is 10.9. The zero-order chi connectivity index (χ0) is 27.9. The molecular formula is C24H42N6O9. The van der Waals surface area contributed by atoms with Gasteiger partial charge in [0.15, 0.2) is 23.2 Å². The highest BCUT2D eigenvalue weighted by atomic mass is 17.8. The second-order valence-corrected chi connectivity index (χ2v) is 9.65. The van der Waals surface area contributed by atoms with Crippen LogP contribution in [0.2, 0.25) is 0 Å². The number of unbranched alkanes of at least 4 members (excludes halogenated alkanes) is 7. The molecule has 3 rings (SSSR count). The van der Waals surface area contributed by atoms with Gasteiger partial charge >= 0.3 is 0 Å². The summed E-state index contributed by atoms with van der Waals surface area (Å²) >= 11 is 0. The number of ether oxygens (including phenoxy) is 1. The predicted molar refractivity (Wildman–Crippen MR) is 137 cm³/mol. The number of aliphatic hydroxyl groups is 3. The van der Waals surface area contributed by atoms with Crippen LogP contribution in [0.4, 0.5) is 5.82 Å². The summed E-state index contributed by atoms with van der Waals surface area (Å²) in [5.74, 6) is 0.112. The van der Waals surface area contributed by atoms with E-state index in [1.54, 1.807) is 0 Å². The van der Waals surface area contributed by atoms with E-state index >= 15 is 0 Å². The molecule has 2 aromatic rings.